The fourth-order valence-corrected chi connectivity index (χ4v) is 2.22. The molecule has 0 amide bonds. The van der Waals surface area contributed by atoms with E-state index in [9.17, 15) is 0 Å². The number of anilines is 3. The van der Waals surface area contributed by atoms with E-state index in [2.05, 4.69) is 47.1 Å². The molecule has 0 atom stereocenters. The number of rotatable bonds is 2. The molecule has 0 fully saturated rings. The van der Waals surface area contributed by atoms with E-state index in [0.29, 0.717) is 0 Å². The number of hydrogen-bond donors (Lipinski definition) is 1. The van der Waals surface area contributed by atoms with E-state index in [0.717, 1.165) is 28.1 Å². The molecule has 3 heteroatoms. The molecule has 3 aromatic rings. The Morgan fingerprint density at radius 3 is 2.45 bits per heavy atom. The molecule has 2 N–H and O–H groups in total. The lowest BCUT2D eigenvalue weighted by atomic mass is 10.2. The highest BCUT2D eigenvalue weighted by molar-refractivity contribution is 5.84. The zero-order valence-electron chi connectivity index (χ0n) is 11.7. The van der Waals surface area contributed by atoms with Gasteiger partial charge < -0.3 is 10.6 Å². The number of hydrogen-bond acceptors (Lipinski definition) is 3. The second kappa shape index (κ2) is 4.85. The summed E-state index contributed by atoms with van der Waals surface area (Å²) < 4.78 is 0. The van der Waals surface area contributed by atoms with E-state index in [1.165, 1.54) is 5.56 Å². The first kappa shape index (κ1) is 12.5. The predicted octanol–water partition coefficient (Wildman–Crippen LogP) is 3.89. The molecule has 3 nitrogen and oxygen atoms in total. The van der Waals surface area contributed by atoms with Crippen molar-refractivity contribution < 1.29 is 0 Å². The molecule has 1 heterocycles. The molecule has 100 valence electrons. The van der Waals surface area contributed by atoms with E-state index in [4.69, 9.17) is 5.73 Å². The Morgan fingerprint density at radius 2 is 1.70 bits per heavy atom. The lowest BCUT2D eigenvalue weighted by Crippen LogP contribution is -2.10. The summed E-state index contributed by atoms with van der Waals surface area (Å²) in [5, 5.41) is 1.06. The molecular formula is C17H17N3. The molecule has 1 aromatic heterocycles. The van der Waals surface area contributed by atoms with E-state index in [-0.39, 0.29) is 0 Å². The molecule has 0 aliphatic heterocycles. The van der Waals surface area contributed by atoms with Crippen LogP contribution in [0.4, 0.5) is 17.2 Å². The van der Waals surface area contributed by atoms with Crippen LogP contribution >= 0.6 is 0 Å². The molecule has 20 heavy (non-hydrogen) atoms. The minimum atomic E-state index is 0.763. The van der Waals surface area contributed by atoms with Crippen molar-refractivity contribution in [2.75, 3.05) is 17.7 Å². The van der Waals surface area contributed by atoms with Gasteiger partial charge in [0.05, 0.1) is 5.52 Å². The number of benzene rings is 2. The van der Waals surface area contributed by atoms with E-state index >= 15 is 0 Å². The third kappa shape index (κ3) is 2.30. The van der Waals surface area contributed by atoms with Crippen LogP contribution in [0.1, 0.15) is 5.56 Å². The first-order valence-corrected chi connectivity index (χ1v) is 6.60. The van der Waals surface area contributed by atoms with Gasteiger partial charge >= 0.3 is 0 Å². The number of fused-ring (bicyclic) bond motifs is 1. The van der Waals surface area contributed by atoms with Crippen molar-refractivity contribution >= 4 is 28.1 Å². The molecule has 0 bridgehead atoms. The third-order valence-corrected chi connectivity index (χ3v) is 3.46. The van der Waals surface area contributed by atoms with Crippen molar-refractivity contribution in [3.05, 3.63) is 60.2 Å². The second-order valence-electron chi connectivity index (χ2n) is 5.02. The highest BCUT2D eigenvalue weighted by Gasteiger charge is 2.06. The van der Waals surface area contributed by atoms with Gasteiger partial charge in [-0.1, -0.05) is 17.7 Å². The largest absolute Gasteiger partial charge is 0.399 e. The van der Waals surface area contributed by atoms with E-state index in [1.807, 2.05) is 31.3 Å². The van der Waals surface area contributed by atoms with Crippen LogP contribution < -0.4 is 10.6 Å². The van der Waals surface area contributed by atoms with Crippen molar-refractivity contribution in [2.45, 2.75) is 6.92 Å². The summed E-state index contributed by atoms with van der Waals surface area (Å²) in [7, 11) is 2.02. The normalized spacial score (nSPS) is 10.7. The average Bonchev–Trinajstić information content (AvgIpc) is 2.47. The molecule has 0 saturated carbocycles. The molecule has 0 aliphatic rings. The van der Waals surface area contributed by atoms with Gasteiger partial charge in [0.15, 0.2) is 0 Å². The molecule has 2 aromatic carbocycles. The van der Waals surface area contributed by atoms with Crippen LogP contribution in [-0.2, 0) is 0 Å². The number of nitrogens with zero attached hydrogens (tertiary/aromatic N) is 2. The standard InChI is InChI=1S/C17H17N3/c1-12-3-7-15(8-4-12)20(2)17-10-5-13-11-14(18)6-9-16(13)19-17/h3-11H,18H2,1-2H3. The smallest absolute Gasteiger partial charge is 0.133 e. The average molecular weight is 263 g/mol. The number of nitrogens with two attached hydrogens (primary N) is 1. The Labute approximate surface area is 118 Å². The maximum atomic E-state index is 5.79. The van der Waals surface area contributed by atoms with Crippen molar-refractivity contribution in [1.82, 2.24) is 4.98 Å². The number of aryl methyl sites for hydroxylation is 1. The third-order valence-electron chi connectivity index (χ3n) is 3.46. The topological polar surface area (TPSA) is 42.1 Å². The maximum Gasteiger partial charge on any atom is 0.133 e. The summed E-state index contributed by atoms with van der Waals surface area (Å²) >= 11 is 0. The van der Waals surface area contributed by atoms with Crippen molar-refractivity contribution in [3.63, 3.8) is 0 Å². The minimum Gasteiger partial charge on any atom is -0.399 e. The Hall–Kier alpha value is -2.55. The Kier molecular flexibility index (Phi) is 3.03. The second-order valence-corrected chi connectivity index (χ2v) is 5.02. The Bertz CT molecular complexity index is 748. The fraction of sp³-hybridized carbons (Fsp3) is 0.118. The molecule has 0 saturated heterocycles. The number of nitrogen functional groups attached to an aromatic ring is 1. The van der Waals surface area contributed by atoms with E-state index < -0.39 is 0 Å². The van der Waals surface area contributed by atoms with Crippen LogP contribution in [0.15, 0.2) is 54.6 Å². The zero-order chi connectivity index (χ0) is 14.1. The molecular weight excluding hydrogens is 246 g/mol. The summed E-state index contributed by atoms with van der Waals surface area (Å²) in [4.78, 5) is 6.76. The van der Waals surface area contributed by atoms with Crippen LogP contribution in [-0.4, -0.2) is 12.0 Å². The summed E-state index contributed by atoms with van der Waals surface area (Å²) in [6.45, 7) is 2.09. The van der Waals surface area contributed by atoms with Crippen molar-refractivity contribution in [1.29, 1.82) is 0 Å². The lowest BCUT2D eigenvalue weighted by molar-refractivity contribution is 1.15. The van der Waals surface area contributed by atoms with Crippen molar-refractivity contribution in [3.8, 4) is 0 Å². The summed E-state index contributed by atoms with van der Waals surface area (Å²) in [6, 6.07) is 18.3. The van der Waals surface area contributed by atoms with Crippen molar-refractivity contribution in [2.24, 2.45) is 0 Å². The van der Waals surface area contributed by atoms with Crippen LogP contribution in [0.25, 0.3) is 10.9 Å². The monoisotopic (exact) mass is 263 g/mol. The van der Waals surface area contributed by atoms with Crippen LogP contribution in [0, 0.1) is 6.92 Å². The van der Waals surface area contributed by atoms with Crippen LogP contribution in [0.3, 0.4) is 0 Å². The number of aromatic nitrogens is 1. The molecule has 0 spiro atoms. The quantitative estimate of drug-likeness (QED) is 0.713. The van der Waals surface area contributed by atoms with Crippen LogP contribution in [0.5, 0.6) is 0 Å². The Balaban J connectivity index is 2.01. The number of pyridine rings is 1. The minimum absolute atomic E-state index is 0.763. The van der Waals surface area contributed by atoms with Gasteiger partial charge in [-0.05, 0) is 49.4 Å². The van der Waals surface area contributed by atoms with Gasteiger partial charge in [-0.3, -0.25) is 0 Å². The summed E-state index contributed by atoms with van der Waals surface area (Å²) in [5.74, 6) is 0.922. The summed E-state index contributed by atoms with van der Waals surface area (Å²) in [6.07, 6.45) is 0. The SMILES string of the molecule is Cc1ccc(N(C)c2ccc3cc(N)ccc3n2)cc1. The van der Waals surface area contributed by atoms with Gasteiger partial charge in [-0.2, -0.15) is 0 Å². The van der Waals surface area contributed by atoms with E-state index in [1.54, 1.807) is 0 Å². The zero-order valence-corrected chi connectivity index (χ0v) is 11.7. The predicted molar refractivity (Wildman–Crippen MR) is 85.4 cm³/mol. The van der Waals surface area contributed by atoms with Gasteiger partial charge in [-0.15, -0.1) is 0 Å². The Morgan fingerprint density at radius 1 is 0.950 bits per heavy atom. The van der Waals surface area contributed by atoms with Crippen LogP contribution in [0.2, 0.25) is 0 Å². The first-order chi connectivity index (χ1) is 9.63. The molecule has 0 radical (unpaired) electrons. The fourth-order valence-electron chi connectivity index (χ4n) is 2.22. The van der Waals surface area contributed by atoms with Gasteiger partial charge in [0.25, 0.3) is 0 Å². The van der Waals surface area contributed by atoms with Gasteiger partial charge in [0, 0.05) is 23.8 Å². The molecule has 0 aliphatic carbocycles. The summed E-state index contributed by atoms with van der Waals surface area (Å²) in [5.41, 5.74) is 9.88. The highest BCUT2D eigenvalue weighted by Crippen LogP contribution is 2.25. The van der Waals surface area contributed by atoms with Gasteiger partial charge in [0.1, 0.15) is 5.82 Å². The molecule has 3 rings (SSSR count). The van der Waals surface area contributed by atoms with Gasteiger partial charge in [0.2, 0.25) is 0 Å². The highest BCUT2D eigenvalue weighted by atomic mass is 15.2. The van der Waals surface area contributed by atoms with Gasteiger partial charge in [-0.25, -0.2) is 4.98 Å². The first-order valence-electron chi connectivity index (χ1n) is 6.60. The lowest BCUT2D eigenvalue weighted by Gasteiger charge is -2.19. The molecule has 0 unspecified atom stereocenters. The maximum absolute atomic E-state index is 5.79.